The van der Waals surface area contributed by atoms with Gasteiger partial charge in [0.05, 0.1) is 11.8 Å². The summed E-state index contributed by atoms with van der Waals surface area (Å²) >= 11 is 0. The van der Waals surface area contributed by atoms with Crippen molar-refractivity contribution >= 4 is 11.7 Å². The van der Waals surface area contributed by atoms with E-state index in [1.807, 2.05) is 0 Å². The quantitative estimate of drug-likeness (QED) is 0.711. The molecule has 0 saturated heterocycles. The summed E-state index contributed by atoms with van der Waals surface area (Å²) in [7, 11) is 0. The number of aromatic nitrogens is 2. The van der Waals surface area contributed by atoms with Gasteiger partial charge in [0.15, 0.2) is 5.78 Å². The second kappa shape index (κ2) is 3.25. The fourth-order valence-electron chi connectivity index (χ4n) is 1.74. The van der Waals surface area contributed by atoms with E-state index in [2.05, 4.69) is 5.10 Å². The van der Waals surface area contributed by atoms with Crippen LogP contribution in [0.15, 0.2) is 6.20 Å². The van der Waals surface area contributed by atoms with Gasteiger partial charge in [-0.05, 0) is 12.8 Å². The van der Waals surface area contributed by atoms with Crippen LogP contribution in [0.1, 0.15) is 28.9 Å². The second-order valence-corrected chi connectivity index (χ2v) is 3.41. The zero-order valence-electron chi connectivity index (χ0n) is 7.69. The van der Waals surface area contributed by atoms with Crippen molar-refractivity contribution in [2.75, 3.05) is 0 Å². The first kappa shape index (κ1) is 8.93. The number of amides is 1. The highest BCUT2D eigenvalue weighted by Crippen LogP contribution is 2.20. The molecular weight excluding hydrogens is 182 g/mol. The SMILES string of the molecule is NC(=O)Cn1ncc2c1CCCC2=O. The van der Waals surface area contributed by atoms with Gasteiger partial charge < -0.3 is 5.73 Å². The molecule has 2 N–H and O–H groups in total. The minimum atomic E-state index is -0.436. The first-order chi connectivity index (χ1) is 6.68. The van der Waals surface area contributed by atoms with Crippen molar-refractivity contribution < 1.29 is 9.59 Å². The molecule has 5 heteroatoms. The Balaban J connectivity index is 2.35. The van der Waals surface area contributed by atoms with E-state index in [9.17, 15) is 9.59 Å². The topological polar surface area (TPSA) is 78.0 Å². The molecule has 1 aliphatic carbocycles. The Hall–Kier alpha value is -1.65. The molecule has 0 aromatic carbocycles. The van der Waals surface area contributed by atoms with Crippen molar-refractivity contribution in [1.29, 1.82) is 0 Å². The lowest BCUT2D eigenvalue weighted by Gasteiger charge is -2.11. The third-order valence-electron chi connectivity index (χ3n) is 2.37. The number of carbonyl (C=O) groups excluding carboxylic acids is 2. The molecule has 1 aromatic heterocycles. The van der Waals surface area contributed by atoms with Crippen molar-refractivity contribution in [2.24, 2.45) is 5.73 Å². The van der Waals surface area contributed by atoms with Crippen LogP contribution in [-0.4, -0.2) is 21.5 Å². The predicted molar refractivity (Wildman–Crippen MR) is 48.7 cm³/mol. The standard InChI is InChI=1S/C9H11N3O2/c10-9(14)5-12-7-2-1-3-8(13)6(7)4-11-12/h4H,1-3,5H2,(H2,10,14). The van der Waals surface area contributed by atoms with E-state index in [-0.39, 0.29) is 12.3 Å². The minimum absolute atomic E-state index is 0.0581. The van der Waals surface area contributed by atoms with Gasteiger partial charge in [0.2, 0.25) is 5.91 Å². The maximum atomic E-state index is 11.4. The van der Waals surface area contributed by atoms with E-state index in [0.29, 0.717) is 12.0 Å². The summed E-state index contributed by atoms with van der Waals surface area (Å²) < 4.78 is 1.52. The molecular formula is C9H11N3O2. The van der Waals surface area contributed by atoms with Crippen molar-refractivity contribution in [3.63, 3.8) is 0 Å². The van der Waals surface area contributed by atoms with Crippen molar-refractivity contribution in [3.05, 3.63) is 17.5 Å². The summed E-state index contributed by atoms with van der Waals surface area (Å²) in [4.78, 5) is 22.1. The van der Waals surface area contributed by atoms with Gasteiger partial charge >= 0.3 is 0 Å². The van der Waals surface area contributed by atoms with Crippen molar-refractivity contribution in [3.8, 4) is 0 Å². The maximum Gasteiger partial charge on any atom is 0.239 e. The van der Waals surface area contributed by atoms with Crippen LogP contribution in [0.3, 0.4) is 0 Å². The first-order valence-corrected chi connectivity index (χ1v) is 4.54. The molecule has 1 amide bonds. The van der Waals surface area contributed by atoms with Gasteiger partial charge in [-0.3, -0.25) is 14.3 Å². The van der Waals surface area contributed by atoms with Crippen LogP contribution < -0.4 is 5.73 Å². The first-order valence-electron chi connectivity index (χ1n) is 4.54. The Morgan fingerprint density at radius 2 is 2.36 bits per heavy atom. The smallest absolute Gasteiger partial charge is 0.239 e. The molecule has 0 spiro atoms. The van der Waals surface area contributed by atoms with Gasteiger partial charge in [-0.25, -0.2) is 0 Å². The van der Waals surface area contributed by atoms with Crippen LogP contribution in [0.4, 0.5) is 0 Å². The van der Waals surface area contributed by atoms with Crippen LogP contribution in [0, 0.1) is 0 Å². The predicted octanol–water partition coefficient (Wildman–Crippen LogP) is -0.113. The average molecular weight is 193 g/mol. The fourth-order valence-corrected chi connectivity index (χ4v) is 1.74. The number of nitrogens with two attached hydrogens (primary N) is 1. The highest BCUT2D eigenvalue weighted by molar-refractivity contribution is 5.97. The van der Waals surface area contributed by atoms with Crippen LogP contribution in [0.25, 0.3) is 0 Å². The number of hydrogen-bond acceptors (Lipinski definition) is 3. The highest BCUT2D eigenvalue weighted by Gasteiger charge is 2.21. The van der Waals surface area contributed by atoms with E-state index in [0.717, 1.165) is 18.5 Å². The van der Waals surface area contributed by atoms with E-state index < -0.39 is 5.91 Å². The lowest BCUT2D eigenvalue weighted by molar-refractivity contribution is -0.118. The molecule has 0 fully saturated rings. The van der Waals surface area contributed by atoms with Crippen molar-refractivity contribution in [1.82, 2.24) is 9.78 Å². The number of hydrogen-bond donors (Lipinski definition) is 1. The monoisotopic (exact) mass is 193 g/mol. The molecule has 1 aromatic rings. The van der Waals surface area contributed by atoms with Gasteiger partial charge in [0, 0.05) is 12.1 Å². The molecule has 74 valence electrons. The fraction of sp³-hybridized carbons (Fsp3) is 0.444. The molecule has 0 aliphatic heterocycles. The van der Waals surface area contributed by atoms with Crippen molar-refractivity contribution in [2.45, 2.75) is 25.8 Å². The summed E-state index contributed by atoms with van der Waals surface area (Å²) in [5.74, 6) is -0.323. The molecule has 0 radical (unpaired) electrons. The molecule has 14 heavy (non-hydrogen) atoms. The normalized spacial score (nSPS) is 15.3. The molecule has 0 unspecified atom stereocenters. The molecule has 0 bridgehead atoms. The molecule has 0 atom stereocenters. The summed E-state index contributed by atoms with van der Waals surface area (Å²) in [6.45, 7) is 0.0581. The third kappa shape index (κ3) is 1.41. The van der Waals surface area contributed by atoms with E-state index in [4.69, 9.17) is 5.73 Å². The Kier molecular flexibility index (Phi) is 2.07. The molecule has 0 saturated carbocycles. The summed E-state index contributed by atoms with van der Waals surface area (Å²) in [5.41, 5.74) is 6.56. The van der Waals surface area contributed by atoms with Gasteiger partial charge in [0.1, 0.15) is 6.54 Å². The van der Waals surface area contributed by atoms with E-state index in [1.54, 1.807) is 0 Å². The Morgan fingerprint density at radius 3 is 3.07 bits per heavy atom. The Labute approximate surface area is 80.9 Å². The van der Waals surface area contributed by atoms with Gasteiger partial charge in [-0.2, -0.15) is 5.10 Å². The Morgan fingerprint density at radius 1 is 1.57 bits per heavy atom. The minimum Gasteiger partial charge on any atom is -0.368 e. The number of ketones is 1. The number of carbonyl (C=O) groups is 2. The van der Waals surface area contributed by atoms with Crippen LogP contribution >= 0.6 is 0 Å². The number of rotatable bonds is 2. The number of Topliss-reactive ketones (excluding diaryl/α,β-unsaturated/α-hetero) is 1. The van der Waals surface area contributed by atoms with Crippen LogP contribution in [0.2, 0.25) is 0 Å². The van der Waals surface area contributed by atoms with E-state index >= 15 is 0 Å². The largest absolute Gasteiger partial charge is 0.368 e. The van der Waals surface area contributed by atoms with Gasteiger partial charge in [-0.1, -0.05) is 0 Å². The second-order valence-electron chi connectivity index (χ2n) is 3.41. The maximum absolute atomic E-state index is 11.4. The molecule has 1 aliphatic rings. The summed E-state index contributed by atoms with van der Waals surface area (Å²) in [6, 6.07) is 0. The number of primary amides is 1. The average Bonchev–Trinajstić information content (AvgIpc) is 2.49. The zero-order valence-corrected chi connectivity index (χ0v) is 7.69. The third-order valence-corrected chi connectivity index (χ3v) is 2.37. The van der Waals surface area contributed by atoms with Crippen LogP contribution in [0.5, 0.6) is 0 Å². The van der Waals surface area contributed by atoms with Gasteiger partial charge in [0.25, 0.3) is 0 Å². The van der Waals surface area contributed by atoms with E-state index in [1.165, 1.54) is 10.9 Å². The van der Waals surface area contributed by atoms with Gasteiger partial charge in [-0.15, -0.1) is 0 Å². The molecule has 2 rings (SSSR count). The zero-order chi connectivity index (χ0) is 10.1. The summed E-state index contributed by atoms with van der Waals surface area (Å²) in [6.07, 6.45) is 3.74. The molecule has 1 heterocycles. The summed E-state index contributed by atoms with van der Waals surface area (Å²) in [5, 5.41) is 3.98. The lowest BCUT2D eigenvalue weighted by Crippen LogP contribution is -2.22. The number of nitrogens with zero attached hydrogens (tertiary/aromatic N) is 2. The number of fused-ring (bicyclic) bond motifs is 1. The lowest BCUT2D eigenvalue weighted by atomic mass is 9.97. The highest BCUT2D eigenvalue weighted by atomic mass is 16.1. The van der Waals surface area contributed by atoms with Crippen LogP contribution in [-0.2, 0) is 17.8 Å². The molecule has 5 nitrogen and oxygen atoms in total. The Bertz CT molecular complexity index is 395.